The number of rotatable bonds is 3. The minimum atomic E-state index is 0.301. The van der Waals surface area contributed by atoms with Gasteiger partial charge in [-0.3, -0.25) is 9.58 Å². The Morgan fingerprint density at radius 1 is 1.40 bits per heavy atom. The number of nitrogens with one attached hydrogen (secondary N) is 1. The van der Waals surface area contributed by atoms with Gasteiger partial charge in [0.1, 0.15) is 0 Å². The van der Waals surface area contributed by atoms with Crippen molar-refractivity contribution >= 4 is 0 Å². The standard InChI is InChI=1S/C16H30N4/c1-12(2)14-8-17-15(16(3,4)5)11-20(14)10-13-7-18-19(6)9-13/h7,9,12,14-15,17H,8,10-11H2,1-6H3. The number of aryl methyl sites for hydroxylation is 1. The highest BCUT2D eigenvalue weighted by Gasteiger charge is 2.35. The smallest absolute Gasteiger partial charge is 0.0534 e. The van der Waals surface area contributed by atoms with E-state index in [4.69, 9.17) is 0 Å². The van der Waals surface area contributed by atoms with Crippen LogP contribution in [-0.2, 0) is 13.6 Å². The summed E-state index contributed by atoms with van der Waals surface area (Å²) in [7, 11) is 1.99. The van der Waals surface area contributed by atoms with Gasteiger partial charge in [-0.25, -0.2) is 0 Å². The van der Waals surface area contributed by atoms with Gasteiger partial charge >= 0.3 is 0 Å². The van der Waals surface area contributed by atoms with Crippen LogP contribution < -0.4 is 5.32 Å². The van der Waals surface area contributed by atoms with Crippen molar-refractivity contribution in [3.8, 4) is 0 Å². The summed E-state index contributed by atoms with van der Waals surface area (Å²) in [5, 5.41) is 8.04. The summed E-state index contributed by atoms with van der Waals surface area (Å²) in [6, 6.07) is 1.16. The van der Waals surface area contributed by atoms with E-state index in [1.807, 2.05) is 17.9 Å². The molecule has 114 valence electrons. The van der Waals surface area contributed by atoms with Gasteiger partial charge in [0.15, 0.2) is 0 Å². The Balaban J connectivity index is 2.10. The summed E-state index contributed by atoms with van der Waals surface area (Å²) in [5.41, 5.74) is 1.61. The molecule has 1 fully saturated rings. The van der Waals surface area contributed by atoms with Gasteiger partial charge in [-0.05, 0) is 11.3 Å². The zero-order valence-corrected chi connectivity index (χ0v) is 13.8. The lowest BCUT2D eigenvalue weighted by Crippen LogP contribution is -2.61. The van der Waals surface area contributed by atoms with Crippen LogP contribution in [0.15, 0.2) is 12.4 Å². The second kappa shape index (κ2) is 5.86. The molecule has 2 rings (SSSR count). The van der Waals surface area contributed by atoms with E-state index in [0.717, 1.165) is 19.6 Å². The molecular weight excluding hydrogens is 248 g/mol. The average Bonchev–Trinajstić information content (AvgIpc) is 2.73. The van der Waals surface area contributed by atoms with Crippen molar-refractivity contribution in [1.82, 2.24) is 20.0 Å². The van der Waals surface area contributed by atoms with Crippen LogP contribution >= 0.6 is 0 Å². The largest absolute Gasteiger partial charge is 0.311 e. The van der Waals surface area contributed by atoms with E-state index in [0.29, 0.717) is 23.4 Å². The molecule has 0 amide bonds. The lowest BCUT2D eigenvalue weighted by atomic mass is 9.83. The van der Waals surface area contributed by atoms with Crippen molar-refractivity contribution < 1.29 is 0 Å². The van der Waals surface area contributed by atoms with Crippen LogP contribution in [0.1, 0.15) is 40.2 Å². The summed E-state index contributed by atoms with van der Waals surface area (Å²) in [6.07, 6.45) is 4.12. The lowest BCUT2D eigenvalue weighted by Gasteiger charge is -2.46. The van der Waals surface area contributed by atoms with Crippen molar-refractivity contribution in [1.29, 1.82) is 0 Å². The van der Waals surface area contributed by atoms with Crippen LogP contribution in [0.2, 0.25) is 0 Å². The molecule has 0 aromatic carbocycles. The van der Waals surface area contributed by atoms with E-state index in [2.05, 4.69) is 56.1 Å². The molecule has 0 aliphatic carbocycles. The number of hydrogen-bond donors (Lipinski definition) is 1. The summed E-state index contributed by atoms with van der Waals surface area (Å²) in [4.78, 5) is 2.63. The molecular formula is C16H30N4. The third kappa shape index (κ3) is 3.61. The van der Waals surface area contributed by atoms with Gasteiger partial charge < -0.3 is 5.32 Å². The average molecular weight is 278 g/mol. The zero-order valence-electron chi connectivity index (χ0n) is 13.8. The van der Waals surface area contributed by atoms with Crippen LogP contribution in [0.4, 0.5) is 0 Å². The molecule has 2 unspecified atom stereocenters. The fourth-order valence-corrected chi connectivity index (χ4v) is 3.03. The Labute approximate surface area is 123 Å². The van der Waals surface area contributed by atoms with Gasteiger partial charge in [0, 0.05) is 50.5 Å². The molecule has 2 heterocycles. The maximum Gasteiger partial charge on any atom is 0.0534 e. The van der Waals surface area contributed by atoms with Crippen LogP contribution in [0.25, 0.3) is 0 Å². The van der Waals surface area contributed by atoms with Crippen LogP contribution in [0.5, 0.6) is 0 Å². The lowest BCUT2D eigenvalue weighted by molar-refractivity contribution is 0.0572. The first kappa shape index (κ1) is 15.5. The first-order valence-electron chi connectivity index (χ1n) is 7.72. The van der Waals surface area contributed by atoms with Crippen molar-refractivity contribution in [2.24, 2.45) is 18.4 Å². The van der Waals surface area contributed by atoms with E-state index in [1.54, 1.807) is 0 Å². The Hall–Kier alpha value is -0.870. The Kier molecular flexibility index (Phi) is 4.55. The van der Waals surface area contributed by atoms with E-state index in [9.17, 15) is 0 Å². The highest BCUT2D eigenvalue weighted by molar-refractivity contribution is 5.05. The second-order valence-electron chi connectivity index (χ2n) is 7.59. The summed E-state index contributed by atoms with van der Waals surface area (Å²) in [6.45, 7) is 14.8. The van der Waals surface area contributed by atoms with Crippen molar-refractivity contribution in [3.63, 3.8) is 0 Å². The van der Waals surface area contributed by atoms with Crippen molar-refractivity contribution in [2.75, 3.05) is 13.1 Å². The summed E-state index contributed by atoms with van der Waals surface area (Å²) < 4.78 is 1.89. The minimum absolute atomic E-state index is 0.301. The molecule has 4 nitrogen and oxygen atoms in total. The van der Waals surface area contributed by atoms with Gasteiger partial charge in [-0.15, -0.1) is 0 Å². The third-order valence-electron chi connectivity index (χ3n) is 4.42. The van der Waals surface area contributed by atoms with Gasteiger partial charge in [-0.1, -0.05) is 34.6 Å². The van der Waals surface area contributed by atoms with Gasteiger partial charge in [0.05, 0.1) is 6.20 Å². The Morgan fingerprint density at radius 3 is 2.60 bits per heavy atom. The van der Waals surface area contributed by atoms with Gasteiger partial charge in [0.2, 0.25) is 0 Å². The van der Waals surface area contributed by atoms with E-state index in [-0.39, 0.29) is 0 Å². The highest BCUT2D eigenvalue weighted by Crippen LogP contribution is 2.26. The Bertz CT molecular complexity index is 430. The number of nitrogens with zero attached hydrogens (tertiary/aromatic N) is 3. The number of hydrogen-bond acceptors (Lipinski definition) is 3. The molecule has 0 saturated carbocycles. The fourth-order valence-electron chi connectivity index (χ4n) is 3.03. The second-order valence-corrected chi connectivity index (χ2v) is 7.59. The highest BCUT2D eigenvalue weighted by atomic mass is 15.3. The molecule has 2 atom stereocenters. The molecule has 0 bridgehead atoms. The number of piperazine rings is 1. The third-order valence-corrected chi connectivity index (χ3v) is 4.42. The topological polar surface area (TPSA) is 33.1 Å². The maximum absolute atomic E-state index is 4.29. The monoisotopic (exact) mass is 278 g/mol. The number of aromatic nitrogens is 2. The van der Waals surface area contributed by atoms with Gasteiger partial charge in [0.25, 0.3) is 0 Å². The first-order valence-corrected chi connectivity index (χ1v) is 7.72. The predicted octanol–water partition coefficient (Wildman–Crippen LogP) is 2.26. The first-order chi connectivity index (χ1) is 9.27. The molecule has 1 aromatic rings. The summed E-state index contributed by atoms with van der Waals surface area (Å²) >= 11 is 0. The van der Waals surface area contributed by atoms with Crippen molar-refractivity contribution in [3.05, 3.63) is 18.0 Å². The maximum atomic E-state index is 4.29. The SMILES string of the molecule is CC(C)C1CNC(C(C)(C)C)CN1Cc1cnn(C)c1. The molecule has 0 radical (unpaired) electrons. The Morgan fingerprint density at radius 2 is 2.10 bits per heavy atom. The van der Waals surface area contributed by atoms with Gasteiger partial charge in [-0.2, -0.15) is 5.10 Å². The molecule has 1 aromatic heterocycles. The molecule has 1 aliphatic heterocycles. The predicted molar refractivity (Wildman–Crippen MR) is 83.5 cm³/mol. The van der Waals surface area contributed by atoms with Crippen LogP contribution in [0.3, 0.4) is 0 Å². The molecule has 20 heavy (non-hydrogen) atoms. The zero-order chi connectivity index (χ0) is 14.9. The van der Waals surface area contributed by atoms with Crippen LogP contribution in [-0.4, -0.2) is 39.9 Å². The van der Waals surface area contributed by atoms with E-state index in [1.165, 1.54) is 5.56 Å². The molecule has 4 heteroatoms. The van der Waals surface area contributed by atoms with E-state index >= 15 is 0 Å². The summed E-state index contributed by atoms with van der Waals surface area (Å²) in [5.74, 6) is 0.667. The van der Waals surface area contributed by atoms with Crippen molar-refractivity contribution in [2.45, 2.75) is 53.2 Å². The fraction of sp³-hybridized carbons (Fsp3) is 0.812. The molecule has 1 aliphatic rings. The molecule has 1 N–H and O–H groups in total. The quantitative estimate of drug-likeness (QED) is 0.921. The minimum Gasteiger partial charge on any atom is -0.311 e. The van der Waals surface area contributed by atoms with Crippen LogP contribution in [0, 0.1) is 11.3 Å². The van der Waals surface area contributed by atoms with E-state index < -0.39 is 0 Å². The normalized spacial score (nSPS) is 25.4. The molecule has 1 saturated heterocycles. The molecule has 0 spiro atoms.